The van der Waals surface area contributed by atoms with Crippen molar-refractivity contribution in [3.63, 3.8) is 0 Å². The van der Waals surface area contributed by atoms with Crippen LogP contribution in [-0.2, 0) is 11.3 Å². The Labute approximate surface area is 157 Å². The van der Waals surface area contributed by atoms with Crippen LogP contribution in [0.25, 0.3) is 10.9 Å². The molecule has 0 unspecified atom stereocenters. The van der Waals surface area contributed by atoms with Crippen LogP contribution in [0, 0.1) is 0 Å². The van der Waals surface area contributed by atoms with E-state index in [1.807, 2.05) is 47.2 Å². The van der Waals surface area contributed by atoms with Gasteiger partial charge < -0.3 is 0 Å². The number of para-hydroxylation sites is 1. The summed E-state index contributed by atoms with van der Waals surface area (Å²) in [6, 6.07) is 13.3. The average molecular weight is 416 g/mol. The molecule has 0 aliphatic carbocycles. The Bertz CT molecular complexity index is 981. The van der Waals surface area contributed by atoms with Crippen LogP contribution in [0.5, 0.6) is 5.75 Å². The van der Waals surface area contributed by atoms with Crippen molar-refractivity contribution in [1.29, 1.82) is 0 Å². The first kappa shape index (κ1) is 18.0. The van der Waals surface area contributed by atoms with E-state index in [1.165, 1.54) is 0 Å². The van der Waals surface area contributed by atoms with Gasteiger partial charge in [-0.2, -0.15) is 0 Å². The SMILES string of the molecule is CNC(=O)Cn1cc([Se]c2ccc(OC)cc2C(N)=O)c2ccccc21. The fourth-order valence-electron chi connectivity index (χ4n) is 2.70. The molecule has 134 valence electrons. The van der Waals surface area contributed by atoms with Crippen molar-refractivity contribution in [1.82, 2.24) is 9.88 Å². The Hall–Kier alpha value is -2.76. The van der Waals surface area contributed by atoms with Crippen LogP contribution >= 0.6 is 0 Å². The summed E-state index contributed by atoms with van der Waals surface area (Å²) in [5.41, 5.74) is 7.00. The number of benzene rings is 2. The molecule has 0 saturated carbocycles. The van der Waals surface area contributed by atoms with Gasteiger partial charge in [-0.1, -0.05) is 0 Å². The molecular formula is C19H19N3O3Se. The van der Waals surface area contributed by atoms with Gasteiger partial charge in [0.25, 0.3) is 0 Å². The van der Waals surface area contributed by atoms with Gasteiger partial charge in [-0.05, 0) is 0 Å². The predicted octanol–water partition coefficient (Wildman–Crippen LogP) is 0.150. The van der Waals surface area contributed by atoms with Crippen LogP contribution < -0.4 is 24.7 Å². The number of amides is 2. The third kappa shape index (κ3) is 3.59. The Balaban J connectivity index is 2.04. The van der Waals surface area contributed by atoms with Crippen molar-refractivity contribution >= 4 is 46.6 Å². The zero-order valence-corrected chi connectivity index (χ0v) is 16.2. The standard InChI is InChI=1S/C19H19N3O3Se/c1-21-18(23)11-22-10-17(13-5-3-4-6-15(13)22)26-16-8-7-12(25-2)9-14(16)19(20)24/h3-10H,11H2,1-2H3,(H2,20,24)(H,21,23). The van der Waals surface area contributed by atoms with Crippen LogP contribution in [-0.4, -0.2) is 45.5 Å². The molecule has 26 heavy (non-hydrogen) atoms. The van der Waals surface area contributed by atoms with Gasteiger partial charge in [0, 0.05) is 0 Å². The molecule has 7 heteroatoms. The first-order valence-corrected chi connectivity index (χ1v) is 9.69. The second-order valence-corrected chi connectivity index (χ2v) is 7.91. The van der Waals surface area contributed by atoms with E-state index in [0.717, 1.165) is 19.8 Å². The van der Waals surface area contributed by atoms with Gasteiger partial charge in [0.05, 0.1) is 0 Å². The Morgan fingerprint density at radius 2 is 1.96 bits per heavy atom. The van der Waals surface area contributed by atoms with Gasteiger partial charge in [-0.15, -0.1) is 0 Å². The normalized spacial score (nSPS) is 10.7. The van der Waals surface area contributed by atoms with Crippen molar-refractivity contribution in [3.8, 4) is 5.75 Å². The van der Waals surface area contributed by atoms with E-state index >= 15 is 0 Å². The number of carbonyl (C=O) groups excluding carboxylic acids is 2. The molecule has 6 nitrogen and oxygen atoms in total. The molecule has 3 N–H and O–H groups in total. The monoisotopic (exact) mass is 417 g/mol. The van der Waals surface area contributed by atoms with Gasteiger partial charge in [0.1, 0.15) is 0 Å². The summed E-state index contributed by atoms with van der Waals surface area (Å²) in [7, 11) is 3.17. The Morgan fingerprint density at radius 3 is 2.65 bits per heavy atom. The van der Waals surface area contributed by atoms with Crippen LogP contribution in [0.4, 0.5) is 0 Å². The number of hydrogen-bond donors (Lipinski definition) is 2. The molecule has 0 saturated heterocycles. The zero-order valence-electron chi connectivity index (χ0n) is 14.5. The van der Waals surface area contributed by atoms with E-state index in [2.05, 4.69) is 5.32 Å². The molecule has 3 rings (SSSR count). The number of nitrogens with zero attached hydrogens (tertiary/aromatic N) is 1. The number of fused-ring (bicyclic) bond motifs is 1. The van der Waals surface area contributed by atoms with Crippen LogP contribution in [0.3, 0.4) is 0 Å². The van der Waals surface area contributed by atoms with Gasteiger partial charge in [0.2, 0.25) is 0 Å². The van der Waals surface area contributed by atoms with Gasteiger partial charge in [0.15, 0.2) is 0 Å². The summed E-state index contributed by atoms with van der Waals surface area (Å²) in [5, 5.41) is 3.72. The minimum absolute atomic E-state index is 0.0629. The number of ether oxygens (including phenoxy) is 1. The van der Waals surface area contributed by atoms with Gasteiger partial charge >= 0.3 is 157 Å². The first-order chi connectivity index (χ1) is 12.5. The molecule has 0 spiro atoms. The number of methoxy groups -OCH3 is 1. The van der Waals surface area contributed by atoms with Crippen LogP contribution in [0.15, 0.2) is 48.7 Å². The van der Waals surface area contributed by atoms with Crippen molar-refractivity contribution in [3.05, 3.63) is 54.2 Å². The molecule has 1 heterocycles. The maximum absolute atomic E-state index is 11.9. The molecule has 0 aliphatic heterocycles. The first-order valence-electron chi connectivity index (χ1n) is 7.97. The van der Waals surface area contributed by atoms with E-state index in [1.54, 1.807) is 20.2 Å². The fraction of sp³-hybridized carbons (Fsp3) is 0.158. The average Bonchev–Trinajstić information content (AvgIpc) is 2.99. The molecule has 3 aromatic rings. The number of aromatic nitrogens is 1. The molecule has 0 fully saturated rings. The summed E-state index contributed by atoms with van der Waals surface area (Å²) < 4.78 is 9.09. The molecule has 0 bridgehead atoms. The molecule has 0 radical (unpaired) electrons. The molecule has 2 amide bonds. The summed E-state index contributed by atoms with van der Waals surface area (Å²) >= 11 is -0.149. The van der Waals surface area contributed by atoms with Crippen molar-refractivity contribution in [2.45, 2.75) is 6.54 Å². The maximum atomic E-state index is 11.9. The summed E-state index contributed by atoms with van der Waals surface area (Å²) in [6.07, 6.45) is 1.98. The van der Waals surface area contributed by atoms with Gasteiger partial charge in [-0.25, -0.2) is 0 Å². The molecule has 0 atom stereocenters. The minimum atomic E-state index is -0.477. The number of nitrogens with one attached hydrogen (secondary N) is 1. The Morgan fingerprint density at radius 1 is 1.19 bits per heavy atom. The predicted molar refractivity (Wildman–Crippen MR) is 103 cm³/mol. The number of likely N-dealkylation sites (N-methyl/N-ethyl adjacent to an activating group) is 1. The van der Waals surface area contributed by atoms with Crippen molar-refractivity contribution in [2.75, 3.05) is 14.2 Å². The molecule has 1 aromatic heterocycles. The molecular weight excluding hydrogens is 397 g/mol. The second-order valence-electron chi connectivity index (χ2n) is 5.64. The third-order valence-electron chi connectivity index (χ3n) is 4.02. The van der Waals surface area contributed by atoms with Crippen LogP contribution in [0.1, 0.15) is 10.4 Å². The van der Waals surface area contributed by atoms with Crippen molar-refractivity contribution in [2.24, 2.45) is 5.73 Å². The van der Waals surface area contributed by atoms with Crippen molar-refractivity contribution < 1.29 is 14.3 Å². The van der Waals surface area contributed by atoms with E-state index in [-0.39, 0.29) is 27.4 Å². The number of hydrogen-bond acceptors (Lipinski definition) is 3. The summed E-state index contributed by atoms with van der Waals surface area (Å²) in [4.78, 5) is 23.7. The van der Waals surface area contributed by atoms with E-state index in [4.69, 9.17) is 10.5 Å². The van der Waals surface area contributed by atoms with Gasteiger partial charge in [-0.3, -0.25) is 0 Å². The number of nitrogens with two attached hydrogens (primary N) is 1. The second kappa shape index (κ2) is 7.64. The number of carbonyl (C=O) groups is 2. The summed E-state index contributed by atoms with van der Waals surface area (Å²) in [6.45, 7) is 0.248. The van der Waals surface area contributed by atoms with E-state index < -0.39 is 5.91 Å². The van der Waals surface area contributed by atoms with Crippen LogP contribution in [0.2, 0.25) is 0 Å². The quantitative estimate of drug-likeness (QED) is 0.561. The summed E-state index contributed by atoms with van der Waals surface area (Å²) in [5.74, 6) is 0.0577. The molecule has 0 aliphatic rings. The van der Waals surface area contributed by atoms with E-state index in [9.17, 15) is 9.59 Å². The number of primary amides is 1. The third-order valence-corrected chi connectivity index (χ3v) is 6.37. The number of rotatable bonds is 6. The topological polar surface area (TPSA) is 86.3 Å². The Kier molecular flexibility index (Phi) is 5.30. The fourth-order valence-corrected chi connectivity index (χ4v) is 5.01. The molecule has 2 aromatic carbocycles. The zero-order chi connectivity index (χ0) is 18.7. The van der Waals surface area contributed by atoms with E-state index in [0.29, 0.717) is 11.3 Å².